The Morgan fingerprint density at radius 1 is 1.14 bits per heavy atom. The molecule has 4 rings (SSSR count). The zero-order chi connectivity index (χ0) is 20.4. The lowest BCUT2D eigenvalue weighted by molar-refractivity contribution is -0.117. The largest absolute Gasteiger partial charge is 0.336 e. The standard InChI is InChI=1S/C23H28N4O2/c1-23(2)16-26(12-13-27(23)15-17-6-4-3-5-7-17)22(29)19-10-11-24-20(14-19)25-21(28)18-8-9-18/h3-7,10-11,14,18H,8-9,12-13,15-16H2,1-2H3,(H,24,25,28). The summed E-state index contributed by atoms with van der Waals surface area (Å²) in [6, 6.07) is 13.8. The van der Waals surface area contributed by atoms with E-state index in [0.29, 0.717) is 24.5 Å². The lowest BCUT2D eigenvalue weighted by atomic mass is 9.97. The highest BCUT2D eigenvalue weighted by molar-refractivity contribution is 5.97. The van der Waals surface area contributed by atoms with E-state index in [1.54, 1.807) is 18.3 Å². The molecule has 29 heavy (non-hydrogen) atoms. The molecule has 2 heterocycles. The minimum Gasteiger partial charge on any atom is -0.336 e. The molecule has 1 aromatic carbocycles. The molecule has 0 unspecified atom stereocenters. The van der Waals surface area contributed by atoms with Gasteiger partial charge in [0.25, 0.3) is 5.91 Å². The molecular formula is C23H28N4O2. The third-order valence-corrected chi connectivity index (χ3v) is 5.78. The number of anilines is 1. The summed E-state index contributed by atoms with van der Waals surface area (Å²) in [6.45, 7) is 7.41. The van der Waals surface area contributed by atoms with E-state index in [2.05, 4.69) is 53.3 Å². The smallest absolute Gasteiger partial charge is 0.254 e. The monoisotopic (exact) mass is 392 g/mol. The van der Waals surface area contributed by atoms with Crippen LogP contribution in [0.3, 0.4) is 0 Å². The fraction of sp³-hybridized carbons (Fsp3) is 0.435. The van der Waals surface area contributed by atoms with Gasteiger partial charge >= 0.3 is 0 Å². The van der Waals surface area contributed by atoms with Crippen LogP contribution in [0, 0.1) is 5.92 Å². The maximum absolute atomic E-state index is 13.1. The van der Waals surface area contributed by atoms with Crippen molar-refractivity contribution in [2.75, 3.05) is 25.0 Å². The number of benzene rings is 1. The summed E-state index contributed by atoms with van der Waals surface area (Å²) in [4.78, 5) is 33.6. The summed E-state index contributed by atoms with van der Waals surface area (Å²) in [5, 5.41) is 2.82. The first kappa shape index (κ1) is 19.6. The summed E-state index contributed by atoms with van der Waals surface area (Å²) in [7, 11) is 0. The van der Waals surface area contributed by atoms with E-state index < -0.39 is 0 Å². The Balaban J connectivity index is 1.41. The van der Waals surface area contributed by atoms with E-state index >= 15 is 0 Å². The number of pyridine rings is 1. The van der Waals surface area contributed by atoms with Gasteiger partial charge in [0.1, 0.15) is 5.82 Å². The molecule has 6 nitrogen and oxygen atoms in total. The van der Waals surface area contributed by atoms with Crippen molar-refractivity contribution in [2.45, 2.75) is 38.8 Å². The Labute approximate surface area is 171 Å². The Morgan fingerprint density at radius 3 is 2.59 bits per heavy atom. The van der Waals surface area contributed by atoms with E-state index in [0.717, 1.165) is 25.9 Å². The van der Waals surface area contributed by atoms with Gasteiger partial charge in [-0.3, -0.25) is 14.5 Å². The molecule has 0 radical (unpaired) electrons. The molecule has 2 aliphatic rings. The van der Waals surface area contributed by atoms with Crippen LogP contribution in [-0.4, -0.2) is 51.8 Å². The maximum atomic E-state index is 13.1. The van der Waals surface area contributed by atoms with Crippen molar-refractivity contribution in [2.24, 2.45) is 5.92 Å². The van der Waals surface area contributed by atoms with Crippen LogP contribution in [-0.2, 0) is 11.3 Å². The summed E-state index contributed by atoms with van der Waals surface area (Å²) in [5.41, 5.74) is 1.73. The zero-order valence-corrected chi connectivity index (χ0v) is 17.1. The third kappa shape index (κ3) is 4.65. The molecule has 1 N–H and O–H groups in total. The van der Waals surface area contributed by atoms with Crippen LogP contribution in [0.15, 0.2) is 48.7 Å². The van der Waals surface area contributed by atoms with Crippen molar-refractivity contribution < 1.29 is 9.59 Å². The first-order valence-electron chi connectivity index (χ1n) is 10.3. The molecule has 2 fully saturated rings. The number of carbonyl (C=O) groups excluding carboxylic acids is 2. The fourth-order valence-corrected chi connectivity index (χ4v) is 3.85. The molecule has 0 atom stereocenters. The van der Waals surface area contributed by atoms with E-state index in [-0.39, 0.29) is 23.3 Å². The molecule has 6 heteroatoms. The summed E-state index contributed by atoms with van der Waals surface area (Å²) < 4.78 is 0. The molecule has 0 bridgehead atoms. The number of carbonyl (C=O) groups is 2. The van der Waals surface area contributed by atoms with E-state index in [4.69, 9.17) is 0 Å². The van der Waals surface area contributed by atoms with Crippen LogP contribution in [0.4, 0.5) is 5.82 Å². The van der Waals surface area contributed by atoms with E-state index in [1.807, 2.05) is 11.0 Å². The molecule has 1 aliphatic carbocycles. The van der Waals surface area contributed by atoms with Crippen LogP contribution >= 0.6 is 0 Å². The third-order valence-electron chi connectivity index (χ3n) is 5.78. The lowest BCUT2D eigenvalue weighted by Crippen LogP contribution is -2.59. The summed E-state index contributed by atoms with van der Waals surface area (Å²) in [6.07, 6.45) is 3.46. The van der Waals surface area contributed by atoms with Gasteiger partial charge in [-0.1, -0.05) is 30.3 Å². The number of rotatable bonds is 5. The molecule has 0 spiro atoms. The number of nitrogens with zero attached hydrogens (tertiary/aromatic N) is 3. The van der Waals surface area contributed by atoms with E-state index in [9.17, 15) is 9.59 Å². The normalized spacial score (nSPS) is 19.0. The average molecular weight is 393 g/mol. The first-order chi connectivity index (χ1) is 13.9. The minimum absolute atomic E-state index is 0.00208. The van der Waals surface area contributed by atoms with Gasteiger partial charge in [-0.25, -0.2) is 4.98 Å². The SMILES string of the molecule is CC1(C)CN(C(=O)c2ccnc(NC(=O)C3CC3)c2)CCN1Cc1ccccc1. The van der Waals surface area contributed by atoms with Gasteiger partial charge in [0.2, 0.25) is 5.91 Å². The van der Waals surface area contributed by atoms with Crippen molar-refractivity contribution >= 4 is 17.6 Å². The highest BCUT2D eigenvalue weighted by Gasteiger charge is 2.36. The number of hydrogen-bond acceptors (Lipinski definition) is 4. The molecule has 2 aromatic rings. The van der Waals surface area contributed by atoms with Crippen molar-refractivity contribution in [1.82, 2.24) is 14.8 Å². The second-order valence-corrected chi connectivity index (χ2v) is 8.64. The Morgan fingerprint density at radius 2 is 1.90 bits per heavy atom. The minimum atomic E-state index is -0.125. The highest BCUT2D eigenvalue weighted by atomic mass is 16.2. The van der Waals surface area contributed by atoms with Gasteiger partial charge < -0.3 is 10.2 Å². The van der Waals surface area contributed by atoms with E-state index in [1.165, 1.54) is 5.56 Å². The number of amides is 2. The second-order valence-electron chi connectivity index (χ2n) is 8.64. The summed E-state index contributed by atoms with van der Waals surface area (Å²) in [5.74, 6) is 0.545. The van der Waals surface area contributed by atoms with Crippen LogP contribution < -0.4 is 5.32 Å². The number of hydrogen-bond donors (Lipinski definition) is 1. The molecule has 1 aliphatic heterocycles. The molecular weight excluding hydrogens is 364 g/mol. The van der Waals surface area contributed by atoms with Crippen LogP contribution in [0.25, 0.3) is 0 Å². The topological polar surface area (TPSA) is 65.5 Å². The van der Waals surface area contributed by atoms with Crippen LogP contribution in [0.2, 0.25) is 0 Å². The Bertz CT molecular complexity index is 893. The quantitative estimate of drug-likeness (QED) is 0.849. The first-order valence-corrected chi connectivity index (χ1v) is 10.3. The van der Waals surface area contributed by atoms with Crippen LogP contribution in [0.1, 0.15) is 42.6 Å². The van der Waals surface area contributed by atoms with Gasteiger partial charge in [0, 0.05) is 49.4 Å². The van der Waals surface area contributed by atoms with Crippen molar-refractivity contribution in [1.29, 1.82) is 0 Å². The molecule has 152 valence electrons. The Hall–Kier alpha value is -2.73. The number of piperazine rings is 1. The van der Waals surface area contributed by atoms with Crippen molar-refractivity contribution in [3.05, 3.63) is 59.8 Å². The second kappa shape index (κ2) is 7.95. The maximum Gasteiger partial charge on any atom is 0.254 e. The van der Waals surface area contributed by atoms with Crippen molar-refractivity contribution in [3.63, 3.8) is 0 Å². The van der Waals surface area contributed by atoms with Gasteiger partial charge in [-0.05, 0) is 44.4 Å². The zero-order valence-electron chi connectivity index (χ0n) is 17.1. The molecule has 2 amide bonds. The number of nitrogens with one attached hydrogen (secondary N) is 1. The lowest BCUT2D eigenvalue weighted by Gasteiger charge is -2.47. The predicted molar refractivity (Wildman–Crippen MR) is 112 cm³/mol. The number of aromatic nitrogens is 1. The average Bonchev–Trinajstić information content (AvgIpc) is 3.55. The fourth-order valence-electron chi connectivity index (χ4n) is 3.85. The molecule has 1 saturated heterocycles. The van der Waals surface area contributed by atoms with Crippen LogP contribution in [0.5, 0.6) is 0 Å². The van der Waals surface area contributed by atoms with Gasteiger partial charge in [0.15, 0.2) is 0 Å². The highest BCUT2D eigenvalue weighted by Crippen LogP contribution is 2.30. The molecule has 1 aromatic heterocycles. The summed E-state index contributed by atoms with van der Waals surface area (Å²) >= 11 is 0. The van der Waals surface area contributed by atoms with Crippen molar-refractivity contribution in [3.8, 4) is 0 Å². The van der Waals surface area contributed by atoms with Gasteiger partial charge in [-0.2, -0.15) is 0 Å². The van der Waals surface area contributed by atoms with Gasteiger partial charge in [-0.15, -0.1) is 0 Å². The Kier molecular flexibility index (Phi) is 5.37. The predicted octanol–water partition coefficient (Wildman–Crippen LogP) is 3.17. The van der Waals surface area contributed by atoms with Gasteiger partial charge in [0.05, 0.1) is 0 Å². The molecule has 1 saturated carbocycles.